The first kappa shape index (κ1) is 15.7. The number of carbonyl (C=O) groups excluding carboxylic acids is 1. The van der Waals surface area contributed by atoms with Crippen LogP contribution in [-0.4, -0.2) is 26.6 Å². The molecule has 2 unspecified atom stereocenters. The minimum atomic E-state index is -3.19. The van der Waals surface area contributed by atoms with Crippen LogP contribution in [0.3, 0.4) is 0 Å². The van der Waals surface area contributed by atoms with E-state index in [1.165, 1.54) is 12.1 Å². The van der Waals surface area contributed by atoms with Gasteiger partial charge in [-0.1, -0.05) is 19.1 Å². The molecule has 0 aliphatic rings. The van der Waals surface area contributed by atoms with E-state index in [9.17, 15) is 13.2 Å². The molecule has 1 rings (SSSR count). The van der Waals surface area contributed by atoms with Gasteiger partial charge in [0.05, 0.1) is 17.0 Å². The summed E-state index contributed by atoms with van der Waals surface area (Å²) in [6, 6.07) is 5.73. The second kappa shape index (κ2) is 6.16. The molecular formula is C13H20N2O3S. The largest absolute Gasteiger partial charge is 0.348 e. The van der Waals surface area contributed by atoms with Crippen LogP contribution in [0.5, 0.6) is 0 Å². The molecule has 0 heterocycles. The molecule has 0 spiro atoms. The first-order valence-corrected chi connectivity index (χ1v) is 8.00. The highest BCUT2D eigenvalue weighted by Gasteiger charge is 2.15. The highest BCUT2D eigenvalue weighted by molar-refractivity contribution is 7.90. The van der Waals surface area contributed by atoms with Gasteiger partial charge in [0.2, 0.25) is 5.91 Å². The van der Waals surface area contributed by atoms with Gasteiger partial charge in [0.25, 0.3) is 0 Å². The number of sulfone groups is 1. The lowest BCUT2D eigenvalue weighted by atomic mass is 10.1. The molecule has 1 aromatic rings. The Balaban J connectivity index is 2.79. The average Bonchev–Trinajstić information content (AvgIpc) is 2.36. The van der Waals surface area contributed by atoms with Crippen molar-refractivity contribution in [3.63, 3.8) is 0 Å². The van der Waals surface area contributed by atoms with Crippen molar-refractivity contribution < 1.29 is 13.2 Å². The molecule has 0 aliphatic heterocycles. The van der Waals surface area contributed by atoms with Gasteiger partial charge in [-0.25, -0.2) is 8.42 Å². The van der Waals surface area contributed by atoms with Crippen LogP contribution in [0.15, 0.2) is 29.2 Å². The Morgan fingerprint density at radius 1 is 1.32 bits per heavy atom. The number of rotatable bonds is 5. The summed E-state index contributed by atoms with van der Waals surface area (Å²) >= 11 is 0. The summed E-state index contributed by atoms with van der Waals surface area (Å²) in [5.74, 6) is -0.206. The van der Waals surface area contributed by atoms with Gasteiger partial charge in [-0.3, -0.25) is 4.79 Å². The fourth-order valence-corrected chi connectivity index (χ4v) is 2.22. The lowest BCUT2D eigenvalue weighted by molar-refractivity contribution is -0.123. The van der Waals surface area contributed by atoms with E-state index >= 15 is 0 Å². The molecule has 0 bridgehead atoms. The number of nitrogens with one attached hydrogen (secondary N) is 1. The van der Waals surface area contributed by atoms with E-state index in [0.29, 0.717) is 6.42 Å². The molecule has 19 heavy (non-hydrogen) atoms. The maximum atomic E-state index is 11.7. The molecule has 0 saturated heterocycles. The first-order valence-electron chi connectivity index (χ1n) is 6.11. The predicted octanol–water partition coefficient (Wildman–Crippen LogP) is 1.00. The quantitative estimate of drug-likeness (QED) is 0.844. The minimum Gasteiger partial charge on any atom is -0.348 e. The Morgan fingerprint density at radius 2 is 1.84 bits per heavy atom. The molecular weight excluding hydrogens is 264 g/mol. The summed E-state index contributed by atoms with van der Waals surface area (Å²) in [6.45, 7) is 3.67. The molecule has 106 valence electrons. The predicted molar refractivity (Wildman–Crippen MR) is 74.4 cm³/mol. The van der Waals surface area contributed by atoms with E-state index in [1.54, 1.807) is 12.1 Å². The Bertz CT molecular complexity index is 538. The van der Waals surface area contributed by atoms with E-state index in [4.69, 9.17) is 5.73 Å². The lowest BCUT2D eigenvalue weighted by Crippen LogP contribution is -2.41. The molecule has 1 amide bonds. The maximum absolute atomic E-state index is 11.7. The molecule has 2 atom stereocenters. The molecule has 0 aromatic heterocycles. The molecule has 0 fully saturated rings. The van der Waals surface area contributed by atoms with Crippen LogP contribution in [0.25, 0.3) is 0 Å². The van der Waals surface area contributed by atoms with Gasteiger partial charge in [-0.05, 0) is 31.0 Å². The molecule has 0 saturated carbocycles. The molecule has 5 nitrogen and oxygen atoms in total. The van der Waals surface area contributed by atoms with E-state index in [1.807, 2.05) is 13.8 Å². The van der Waals surface area contributed by atoms with Gasteiger partial charge in [0.1, 0.15) is 0 Å². The van der Waals surface area contributed by atoms with Gasteiger partial charge in [-0.2, -0.15) is 0 Å². The van der Waals surface area contributed by atoms with E-state index in [2.05, 4.69) is 5.32 Å². The number of carbonyl (C=O) groups is 1. The van der Waals surface area contributed by atoms with Crippen molar-refractivity contribution in [1.29, 1.82) is 0 Å². The zero-order chi connectivity index (χ0) is 14.6. The Hall–Kier alpha value is -1.40. The van der Waals surface area contributed by atoms with Gasteiger partial charge < -0.3 is 11.1 Å². The van der Waals surface area contributed by atoms with E-state index < -0.39 is 15.9 Å². The van der Waals surface area contributed by atoms with Crippen LogP contribution in [0, 0.1) is 0 Å². The fourth-order valence-electron chi connectivity index (χ4n) is 1.59. The summed E-state index contributed by atoms with van der Waals surface area (Å²) in [6.07, 6.45) is 1.74. The van der Waals surface area contributed by atoms with Crippen molar-refractivity contribution >= 4 is 15.7 Å². The monoisotopic (exact) mass is 284 g/mol. The summed E-state index contributed by atoms with van der Waals surface area (Å²) in [7, 11) is -3.19. The number of nitrogens with two attached hydrogens (primary N) is 1. The number of benzene rings is 1. The van der Waals surface area contributed by atoms with Crippen LogP contribution in [-0.2, 0) is 14.6 Å². The van der Waals surface area contributed by atoms with Gasteiger partial charge in [0.15, 0.2) is 9.84 Å². The van der Waals surface area contributed by atoms with Crippen molar-refractivity contribution in [2.45, 2.75) is 37.2 Å². The third-order valence-electron chi connectivity index (χ3n) is 2.94. The van der Waals surface area contributed by atoms with Crippen molar-refractivity contribution in [2.24, 2.45) is 5.73 Å². The average molecular weight is 284 g/mol. The van der Waals surface area contributed by atoms with Crippen LogP contribution in [0.4, 0.5) is 0 Å². The van der Waals surface area contributed by atoms with Crippen molar-refractivity contribution in [3.8, 4) is 0 Å². The van der Waals surface area contributed by atoms with Crippen LogP contribution < -0.4 is 11.1 Å². The summed E-state index contributed by atoms with van der Waals surface area (Å²) in [5, 5.41) is 2.79. The zero-order valence-electron chi connectivity index (χ0n) is 11.4. The number of hydrogen-bond acceptors (Lipinski definition) is 4. The Kier molecular flexibility index (Phi) is 5.08. The highest BCUT2D eigenvalue weighted by atomic mass is 32.2. The SMILES string of the molecule is CCC(N)C(=O)NC(C)c1ccc(S(C)(=O)=O)cc1. The van der Waals surface area contributed by atoms with Gasteiger partial charge in [-0.15, -0.1) is 0 Å². The lowest BCUT2D eigenvalue weighted by Gasteiger charge is -2.17. The third kappa shape index (κ3) is 4.33. The smallest absolute Gasteiger partial charge is 0.237 e. The van der Waals surface area contributed by atoms with E-state index in [0.717, 1.165) is 11.8 Å². The normalized spacial score (nSPS) is 14.7. The maximum Gasteiger partial charge on any atom is 0.237 e. The van der Waals surface area contributed by atoms with Crippen LogP contribution in [0.2, 0.25) is 0 Å². The molecule has 3 N–H and O–H groups in total. The van der Waals surface area contributed by atoms with Gasteiger partial charge in [0, 0.05) is 6.26 Å². The second-order valence-corrected chi connectivity index (χ2v) is 6.60. The summed E-state index contributed by atoms with van der Waals surface area (Å²) in [5.41, 5.74) is 6.47. The summed E-state index contributed by atoms with van der Waals surface area (Å²) < 4.78 is 22.7. The Labute approximate surface area is 114 Å². The number of amides is 1. The minimum absolute atomic E-state index is 0.206. The summed E-state index contributed by atoms with van der Waals surface area (Å²) in [4.78, 5) is 11.9. The van der Waals surface area contributed by atoms with Crippen molar-refractivity contribution in [1.82, 2.24) is 5.32 Å². The molecule has 0 aliphatic carbocycles. The zero-order valence-corrected chi connectivity index (χ0v) is 12.2. The van der Waals surface area contributed by atoms with Crippen LogP contribution >= 0.6 is 0 Å². The van der Waals surface area contributed by atoms with E-state index in [-0.39, 0.29) is 16.8 Å². The molecule has 0 radical (unpaired) electrons. The van der Waals surface area contributed by atoms with Gasteiger partial charge >= 0.3 is 0 Å². The number of hydrogen-bond donors (Lipinski definition) is 2. The molecule has 1 aromatic carbocycles. The van der Waals surface area contributed by atoms with Crippen LogP contribution in [0.1, 0.15) is 31.9 Å². The highest BCUT2D eigenvalue weighted by Crippen LogP contribution is 2.16. The van der Waals surface area contributed by atoms with Crippen molar-refractivity contribution in [2.75, 3.05) is 6.26 Å². The first-order chi connectivity index (χ1) is 8.75. The van der Waals surface area contributed by atoms with Crippen molar-refractivity contribution in [3.05, 3.63) is 29.8 Å². The Morgan fingerprint density at radius 3 is 2.26 bits per heavy atom. The second-order valence-electron chi connectivity index (χ2n) is 4.59. The fraction of sp³-hybridized carbons (Fsp3) is 0.462. The third-order valence-corrected chi connectivity index (χ3v) is 4.07. The molecule has 6 heteroatoms. The standard InChI is InChI=1S/C13H20N2O3S/c1-4-12(14)13(16)15-9(2)10-5-7-11(8-6-10)19(3,17)18/h5-9,12H,4,14H2,1-3H3,(H,15,16). The topological polar surface area (TPSA) is 89.3 Å².